The van der Waals surface area contributed by atoms with Gasteiger partial charge in [0.05, 0.1) is 20.3 Å². The minimum Gasteiger partial charge on any atom is -0.497 e. The van der Waals surface area contributed by atoms with Crippen LogP contribution < -0.4 is 9.47 Å². The summed E-state index contributed by atoms with van der Waals surface area (Å²) in [6.07, 6.45) is -0.547. The zero-order valence-electron chi connectivity index (χ0n) is 12.0. The van der Waals surface area contributed by atoms with Crippen molar-refractivity contribution >= 4 is 0 Å². The summed E-state index contributed by atoms with van der Waals surface area (Å²) in [4.78, 5) is 0. The predicted molar refractivity (Wildman–Crippen MR) is 79.4 cm³/mol. The Balaban J connectivity index is 2.15. The van der Waals surface area contributed by atoms with E-state index in [9.17, 15) is 5.11 Å². The number of aliphatic hydroxyl groups is 1. The molecule has 0 saturated heterocycles. The molecule has 2 aromatic rings. The molecular weight excluding hydrogens is 252 g/mol. The van der Waals surface area contributed by atoms with Gasteiger partial charge < -0.3 is 14.6 Å². The molecular formula is C17H20O3. The third-order valence-electron chi connectivity index (χ3n) is 3.57. The van der Waals surface area contributed by atoms with Gasteiger partial charge in [0.2, 0.25) is 0 Å². The van der Waals surface area contributed by atoms with Crippen molar-refractivity contribution in [3.05, 3.63) is 59.7 Å². The van der Waals surface area contributed by atoms with E-state index in [0.717, 1.165) is 22.6 Å². The van der Waals surface area contributed by atoms with Gasteiger partial charge in [-0.2, -0.15) is 0 Å². The van der Waals surface area contributed by atoms with Crippen LogP contribution in [0.2, 0.25) is 0 Å². The molecule has 3 nitrogen and oxygen atoms in total. The molecule has 1 N–H and O–H groups in total. The number of methoxy groups -OCH3 is 2. The van der Waals surface area contributed by atoms with Crippen LogP contribution >= 0.6 is 0 Å². The Morgan fingerprint density at radius 3 is 1.55 bits per heavy atom. The fourth-order valence-corrected chi connectivity index (χ4v) is 2.18. The Morgan fingerprint density at radius 2 is 1.15 bits per heavy atom. The average Bonchev–Trinajstić information content (AvgIpc) is 2.53. The van der Waals surface area contributed by atoms with E-state index in [1.165, 1.54) is 0 Å². The first-order chi connectivity index (χ1) is 9.65. The lowest BCUT2D eigenvalue weighted by Crippen LogP contribution is -2.07. The van der Waals surface area contributed by atoms with Gasteiger partial charge in [0.25, 0.3) is 0 Å². The lowest BCUT2D eigenvalue weighted by Gasteiger charge is -2.20. The van der Waals surface area contributed by atoms with Gasteiger partial charge >= 0.3 is 0 Å². The largest absolute Gasteiger partial charge is 0.497 e. The van der Waals surface area contributed by atoms with Crippen LogP contribution in [-0.2, 0) is 0 Å². The van der Waals surface area contributed by atoms with Gasteiger partial charge in [0.1, 0.15) is 11.5 Å². The maximum Gasteiger partial charge on any atom is 0.118 e. The summed E-state index contributed by atoms with van der Waals surface area (Å²) in [5.41, 5.74) is 1.96. The quantitative estimate of drug-likeness (QED) is 0.904. The molecule has 0 fully saturated rings. The van der Waals surface area contributed by atoms with Crippen molar-refractivity contribution in [2.24, 2.45) is 0 Å². The van der Waals surface area contributed by atoms with E-state index in [-0.39, 0.29) is 5.92 Å². The second kappa shape index (κ2) is 6.44. The van der Waals surface area contributed by atoms with Crippen LogP contribution in [0.5, 0.6) is 11.5 Å². The number of benzene rings is 2. The van der Waals surface area contributed by atoms with E-state index < -0.39 is 6.10 Å². The lowest BCUT2D eigenvalue weighted by atomic mass is 9.91. The molecule has 2 aromatic carbocycles. The molecule has 2 unspecified atom stereocenters. The zero-order chi connectivity index (χ0) is 14.5. The first kappa shape index (κ1) is 14.4. The molecule has 0 heterocycles. The van der Waals surface area contributed by atoms with Gasteiger partial charge in [0.15, 0.2) is 0 Å². The van der Waals surface area contributed by atoms with Crippen LogP contribution in [0.1, 0.15) is 30.1 Å². The molecule has 0 aromatic heterocycles. The van der Waals surface area contributed by atoms with Crippen molar-refractivity contribution < 1.29 is 14.6 Å². The fraction of sp³-hybridized carbons (Fsp3) is 0.294. The fourth-order valence-electron chi connectivity index (χ4n) is 2.18. The third-order valence-corrected chi connectivity index (χ3v) is 3.57. The topological polar surface area (TPSA) is 38.7 Å². The SMILES string of the molecule is COc1ccc(C(C)C(O)c2ccc(OC)cc2)cc1. The van der Waals surface area contributed by atoms with Crippen molar-refractivity contribution in [2.75, 3.05) is 14.2 Å². The van der Waals surface area contributed by atoms with E-state index in [2.05, 4.69) is 0 Å². The van der Waals surface area contributed by atoms with E-state index in [0.29, 0.717) is 0 Å². The van der Waals surface area contributed by atoms with Gasteiger partial charge in [-0.25, -0.2) is 0 Å². The molecule has 106 valence electrons. The molecule has 0 radical (unpaired) electrons. The van der Waals surface area contributed by atoms with Crippen LogP contribution in [0.15, 0.2) is 48.5 Å². The minimum atomic E-state index is -0.547. The van der Waals surface area contributed by atoms with Crippen molar-refractivity contribution in [2.45, 2.75) is 18.9 Å². The number of ether oxygens (including phenoxy) is 2. The average molecular weight is 272 g/mol. The Labute approximate surface area is 119 Å². The Morgan fingerprint density at radius 1 is 0.750 bits per heavy atom. The van der Waals surface area contributed by atoms with Crippen LogP contribution in [0.3, 0.4) is 0 Å². The van der Waals surface area contributed by atoms with Crippen LogP contribution in [0, 0.1) is 0 Å². The van der Waals surface area contributed by atoms with Crippen LogP contribution in [-0.4, -0.2) is 19.3 Å². The molecule has 20 heavy (non-hydrogen) atoms. The summed E-state index contributed by atoms with van der Waals surface area (Å²) in [5, 5.41) is 10.5. The molecule has 0 saturated carbocycles. The molecule has 0 aliphatic carbocycles. The smallest absolute Gasteiger partial charge is 0.118 e. The Hall–Kier alpha value is -2.00. The Kier molecular flexibility index (Phi) is 4.64. The molecule has 3 heteroatoms. The first-order valence-corrected chi connectivity index (χ1v) is 6.61. The van der Waals surface area contributed by atoms with Gasteiger partial charge in [-0.1, -0.05) is 31.2 Å². The van der Waals surface area contributed by atoms with E-state index in [1.54, 1.807) is 14.2 Å². The van der Waals surface area contributed by atoms with Crippen molar-refractivity contribution in [3.63, 3.8) is 0 Å². The molecule has 0 bridgehead atoms. The van der Waals surface area contributed by atoms with E-state index in [4.69, 9.17) is 9.47 Å². The number of aliphatic hydroxyl groups excluding tert-OH is 1. The van der Waals surface area contributed by atoms with E-state index >= 15 is 0 Å². The Bertz CT molecular complexity index is 480. The van der Waals surface area contributed by atoms with Gasteiger partial charge in [-0.15, -0.1) is 0 Å². The number of hydrogen-bond acceptors (Lipinski definition) is 3. The molecule has 2 rings (SSSR count). The maximum absolute atomic E-state index is 10.5. The summed E-state index contributed by atoms with van der Waals surface area (Å²) >= 11 is 0. The highest BCUT2D eigenvalue weighted by molar-refractivity contribution is 5.33. The molecule has 2 atom stereocenters. The lowest BCUT2D eigenvalue weighted by molar-refractivity contribution is 0.151. The van der Waals surface area contributed by atoms with Crippen LogP contribution in [0.25, 0.3) is 0 Å². The third kappa shape index (κ3) is 3.11. The molecule has 0 aliphatic rings. The zero-order valence-corrected chi connectivity index (χ0v) is 12.0. The molecule has 0 amide bonds. The van der Waals surface area contributed by atoms with Gasteiger partial charge in [-0.05, 0) is 35.4 Å². The van der Waals surface area contributed by atoms with Crippen molar-refractivity contribution in [1.82, 2.24) is 0 Å². The molecule has 0 spiro atoms. The summed E-state index contributed by atoms with van der Waals surface area (Å²) < 4.78 is 10.3. The summed E-state index contributed by atoms with van der Waals surface area (Å²) in [6, 6.07) is 15.3. The summed E-state index contributed by atoms with van der Waals surface area (Å²) in [5.74, 6) is 1.62. The monoisotopic (exact) mass is 272 g/mol. The highest BCUT2D eigenvalue weighted by Gasteiger charge is 2.18. The van der Waals surface area contributed by atoms with Crippen molar-refractivity contribution in [3.8, 4) is 11.5 Å². The van der Waals surface area contributed by atoms with Crippen LogP contribution in [0.4, 0.5) is 0 Å². The standard InChI is InChI=1S/C17H20O3/c1-12(13-4-8-15(19-2)9-5-13)17(18)14-6-10-16(20-3)11-7-14/h4-12,17-18H,1-3H3. The highest BCUT2D eigenvalue weighted by Crippen LogP contribution is 2.32. The molecule has 0 aliphatic heterocycles. The van der Waals surface area contributed by atoms with E-state index in [1.807, 2.05) is 55.5 Å². The normalized spacial score (nSPS) is 13.6. The van der Waals surface area contributed by atoms with Gasteiger partial charge in [0, 0.05) is 5.92 Å². The van der Waals surface area contributed by atoms with Crippen molar-refractivity contribution in [1.29, 1.82) is 0 Å². The number of hydrogen-bond donors (Lipinski definition) is 1. The predicted octanol–water partition coefficient (Wildman–Crippen LogP) is 3.54. The van der Waals surface area contributed by atoms with Gasteiger partial charge in [-0.3, -0.25) is 0 Å². The second-order valence-electron chi connectivity index (χ2n) is 4.78. The summed E-state index contributed by atoms with van der Waals surface area (Å²) in [7, 11) is 3.27. The highest BCUT2D eigenvalue weighted by atomic mass is 16.5. The summed E-state index contributed by atoms with van der Waals surface area (Å²) in [6.45, 7) is 2.01. The second-order valence-corrected chi connectivity index (χ2v) is 4.78. The maximum atomic E-state index is 10.5. The number of rotatable bonds is 5. The first-order valence-electron chi connectivity index (χ1n) is 6.61. The minimum absolute atomic E-state index is 0.00861.